The lowest BCUT2D eigenvalue weighted by Crippen LogP contribution is -2.42. The fraction of sp³-hybridized carbons (Fsp3) is 0.333. The first-order chi connectivity index (χ1) is 11.6. The number of amides is 1. The van der Waals surface area contributed by atoms with Gasteiger partial charge in [0.15, 0.2) is 0 Å². The second-order valence-corrected chi connectivity index (χ2v) is 5.98. The van der Waals surface area contributed by atoms with Crippen molar-refractivity contribution in [1.82, 2.24) is 15.3 Å². The number of rotatable bonds is 5. The quantitative estimate of drug-likeness (QED) is 0.879. The SMILES string of the molecule is O=C(NC(CC1CCCc2ccccc21)C(=O)O)c1cnccn1. The average molecular weight is 325 g/mol. The number of aryl methyl sites for hydroxylation is 1. The van der Waals surface area contributed by atoms with Gasteiger partial charge in [-0.1, -0.05) is 24.3 Å². The van der Waals surface area contributed by atoms with Crippen LogP contribution in [0.2, 0.25) is 0 Å². The first-order valence-electron chi connectivity index (χ1n) is 8.02. The molecule has 124 valence electrons. The second-order valence-electron chi connectivity index (χ2n) is 5.98. The summed E-state index contributed by atoms with van der Waals surface area (Å²) in [7, 11) is 0. The molecule has 1 amide bonds. The lowest BCUT2D eigenvalue weighted by Gasteiger charge is -2.28. The van der Waals surface area contributed by atoms with E-state index in [2.05, 4.69) is 27.4 Å². The number of carbonyl (C=O) groups excluding carboxylic acids is 1. The molecule has 2 aromatic rings. The topological polar surface area (TPSA) is 92.2 Å². The molecule has 0 radical (unpaired) electrons. The number of aromatic nitrogens is 2. The Labute approximate surface area is 140 Å². The minimum absolute atomic E-state index is 0.118. The van der Waals surface area contributed by atoms with Crippen molar-refractivity contribution in [2.75, 3.05) is 0 Å². The van der Waals surface area contributed by atoms with E-state index in [0.29, 0.717) is 6.42 Å². The Hall–Kier alpha value is -2.76. The van der Waals surface area contributed by atoms with Gasteiger partial charge in [-0.3, -0.25) is 9.78 Å². The highest BCUT2D eigenvalue weighted by molar-refractivity contribution is 5.94. The minimum Gasteiger partial charge on any atom is -0.480 e. The van der Waals surface area contributed by atoms with Crippen LogP contribution < -0.4 is 5.32 Å². The largest absolute Gasteiger partial charge is 0.480 e. The molecule has 2 unspecified atom stereocenters. The van der Waals surface area contributed by atoms with E-state index >= 15 is 0 Å². The number of fused-ring (bicyclic) bond motifs is 1. The summed E-state index contributed by atoms with van der Waals surface area (Å²) in [6.45, 7) is 0. The zero-order valence-corrected chi connectivity index (χ0v) is 13.2. The van der Waals surface area contributed by atoms with Crippen LogP contribution in [-0.4, -0.2) is 33.0 Å². The molecule has 0 fully saturated rings. The van der Waals surface area contributed by atoms with Crippen LogP contribution in [0, 0.1) is 0 Å². The van der Waals surface area contributed by atoms with Gasteiger partial charge in [0.1, 0.15) is 11.7 Å². The third kappa shape index (κ3) is 3.59. The predicted molar refractivity (Wildman–Crippen MR) is 87.7 cm³/mol. The number of hydrogen-bond acceptors (Lipinski definition) is 4. The summed E-state index contributed by atoms with van der Waals surface area (Å²) in [6, 6.07) is 7.19. The maximum atomic E-state index is 12.2. The highest BCUT2D eigenvalue weighted by Gasteiger charge is 2.28. The van der Waals surface area contributed by atoms with Gasteiger partial charge in [-0.2, -0.15) is 0 Å². The molecule has 1 aromatic carbocycles. The molecule has 2 atom stereocenters. The summed E-state index contributed by atoms with van der Waals surface area (Å²) in [6.07, 6.45) is 7.55. The van der Waals surface area contributed by atoms with Crippen LogP contribution in [0.1, 0.15) is 46.8 Å². The van der Waals surface area contributed by atoms with Crippen molar-refractivity contribution < 1.29 is 14.7 Å². The fourth-order valence-corrected chi connectivity index (χ4v) is 3.25. The number of aliphatic carboxylic acids is 1. The standard InChI is InChI=1S/C18H19N3O3/c22-17(16-11-19-8-9-20-16)21-15(18(23)24)10-13-6-3-5-12-4-1-2-7-14(12)13/h1-2,4,7-9,11,13,15H,3,5-6,10H2,(H,21,22)(H,23,24). The van der Waals surface area contributed by atoms with Crippen LogP contribution >= 0.6 is 0 Å². The van der Waals surface area contributed by atoms with Gasteiger partial charge in [-0.15, -0.1) is 0 Å². The van der Waals surface area contributed by atoms with Crippen molar-refractivity contribution >= 4 is 11.9 Å². The highest BCUT2D eigenvalue weighted by atomic mass is 16.4. The number of nitrogens with zero attached hydrogens (tertiary/aromatic N) is 2. The summed E-state index contributed by atoms with van der Waals surface area (Å²) in [5, 5.41) is 12.1. The van der Waals surface area contributed by atoms with Crippen LogP contribution in [0.25, 0.3) is 0 Å². The summed E-state index contributed by atoms with van der Waals surface area (Å²) in [5.41, 5.74) is 2.59. The number of carbonyl (C=O) groups is 2. The van der Waals surface area contributed by atoms with Crippen molar-refractivity contribution in [1.29, 1.82) is 0 Å². The van der Waals surface area contributed by atoms with E-state index < -0.39 is 17.9 Å². The Morgan fingerprint density at radius 3 is 2.88 bits per heavy atom. The second kappa shape index (κ2) is 7.21. The molecule has 1 heterocycles. The van der Waals surface area contributed by atoms with E-state index in [4.69, 9.17) is 0 Å². The molecule has 6 heteroatoms. The zero-order chi connectivity index (χ0) is 16.9. The number of carboxylic acids is 1. The molecular weight excluding hydrogens is 306 g/mol. The number of hydrogen-bond donors (Lipinski definition) is 2. The molecule has 2 N–H and O–H groups in total. The van der Waals surface area contributed by atoms with Gasteiger partial charge in [0.05, 0.1) is 6.20 Å². The lowest BCUT2D eigenvalue weighted by atomic mass is 9.79. The van der Waals surface area contributed by atoms with Gasteiger partial charge < -0.3 is 10.4 Å². The monoisotopic (exact) mass is 325 g/mol. The van der Waals surface area contributed by atoms with Gasteiger partial charge in [-0.25, -0.2) is 9.78 Å². The van der Waals surface area contributed by atoms with Crippen molar-refractivity contribution in [2.24, 2.45) is 0 Å². The Morgan fingerprint density at radius 1 is 1.29 bits per heavy atom. The molecule has 0 saturated heterocycles. The molecular formula is C18H19N3O3. The average Bonchev–Trinajstić information content (AvgIpc) is 2.62. The van der Waals surface area contributed by atoms with Crippen molar-refractivity contribution in [2.45, 2.75) is 37.6 Å². The summed E-state index contributed by atoms with van der Waals surface area (Å²) < 4.78 is 0. The van der Waals surface area contributed by atoms with Crippen LogP contribution in [0.3, 0.4) is 0 Å². The van der Waals surface area contributed by atoms with Gasteiger partial charge in [0, 0.05) is 12.4 Å². The van der Waals surface area contributed by atoms with Gasteiger partial charge in [0.25, 0.3) is 5.91 Å². The fourth-order valence-electron chi connectivity index (χ4n) is 3.25. The smallest absolute Gasteiger partial charge is 0.326 e. The molecule has 0 aliphatic heterocycles. The third-order valence-corrected chi connectivity index (χ3v) is 4.41. The van der Waals surface area contributed by atoms with Crippen molar-refractivity contribution in [3.05, 3.63) is 59.7 Å². The molecule has 1 aliphatic rings. The van der Waals surface area contributed by atoms with E-state index in [0.717, 1.165) is 19.3 Å². The number of benzene rings is 1. The summed E-state index contributed by atoms with van der Waals surface area (Å²) in [4.78, 5) is 31.5. The molecule has 0 bridgehead atoms. The molecule has 24 heavy (non-hydrogen) atoms. The summed E-state index contributed by atoms with van der Waals surface area (Å²) >= 11 is 0. The minimum atomic E-state index is -1.03. The molecule has 1 aliphatic carbocycles. The van der Waals surface area contributed by atoms with E-state index in [-0.39, 0.29) is 11.6 Å². The van der Waals surface area contributed by atoms with Crippen LogP contribution in [0.5, 0.6) is 0 Å². The third-order valence-electron chi connectivity index (χ3n) is 4.41. The molecule has 0 saturated carbocycles. The highest BCUT2D eigenvalue weighted by Crippen LogP contribution is 2.34. The molecule has 3 rings (SSSR count). The first kappa shape index (κ1) is 16.1. The maximum Gasteiger partial charge on any atom is 0.326 e. The Balaban J connectivity index is 1.74. The van der Waals surface area contributed by atoms with Crippen LogP contribution in [0.15, 0.2) is 42.9 Å². The predicted octanol–water partition coefficient (Wildman–Crippen LogP) is 2.17. The molecule has 6 nitrogen and oxygen atoms in total. The first-order valence-corrected chi connectivity index (χ1v) is 8.02. The Kier molecular flexibility index (Phi) is 4.84. The van der Waals surface area contributed by atoms with Gasteiger partial charge in [0.2, 0.25) is 0 Å². The van der Waals surface area contributed by atoms with Gasteiger partial charge >= 0.3 is 5.97 Å². The maximum absolute atomic E-state index is 12.2. The zero-order valence-electron chi connectivity index (χ0n) is 13.2. The Bertz CT molecular complexity index is 733. The van der Waals surface area contributed by atoms with Crippen molar-refractivity contribution in [3.8, 4) is 0 Å². The van der Waals surface area contributed by atoms with Crippen LogP contribution in [0.4, 0.5) is 0 Å². The van der Waals surface area contributed by atoms with E-state index in [9.17, 15) is 14.7 Å². The lowest BCUT2D eigenvalue weighted by molar-refractivity contribution is -0.139. The Morgan fingerprint density at radius 2 is 2.12 bits per heavy atom. The molecule has 1 aromatic heterocycles. The number of carboxylic acid groups (broad SMARTS) is 1. The number of nitrogens with one attached hydrogen (secondary N) is 1. The van der Waals surface area contributed by atoms with E-state index in [1.165, 1.54) is 29.7 Å². The van der Waals surface area contributed by atoms with Gasteiger partial charge in [-0.05, 0) is 42.7 Å². The summed E-state index contributed by atoms with van der Waals surface area (Å²) in [5.74, 6) is -1.41. The van der Waals surface area contributed by atoms with E-state index in [1.807, 2.05) is 12.1 Å². The normalized spacial score (nSPS) is 17.6. The van der Waals surface area contributed by atoms with Crippen LogP contribution in [-0.2, 0) is 11.2 Å². The van der Waals surface area contributed by atoms with E-state index in [1.54, 1.807) is 0 Å². The van der Waals surface area contributed by atoms with Crippen molar-refractivity contribution in [3.63, 3.8) is 0 Å². The molecule has 0 spiro atoms.